The molecule has 0 N–H and O–H groups in total. The molecule has 0 heterocycles. The van der Waals surface area contributed by atoms with Crippen molar-refractivity contribution >= 4 is 13.0 Å². The van der Waals surface area contributed by atoms with Gasteiger partial charge in [0.15, 0.2) is 0 Å². The second kappa shape index (κ2) is 3.69. The minimum absolute atomic E-state index is 0. The third kappa shape index (κ3) is 2.75. The second-order valence-electron chi connectivity index (χ2n) is 1.47. The molecule has 0 aliphatic rings. The van der Waals surface area contributed by atoms with E-state index in [0.29, 0.717) is 0 Å². The molecule has 0 saturated carbocycles. The number of halogens is 5. The Morgan fingerprint density at radius 2 is 1.25 bits per heavy atom. The van der Waals surface area contributed by atoms with Crippen LogP contribution in [0.4, 0.5) is 22.0 Å². The van der Waals surface area contributed by atoms with Crippen LogP contribution in [0.2, 0.25) is 0 Å². The van der Waals surface area contributed by atoms with Gasteiger partial charge in [-0.2, -0.15) is 0 Å². The first-order valence-electron chi connectivity index (χ1n) is 1.90. The van der Waals surface area contributed by atoms with Gasteiger partial charge in [0.1, 0.15) is 0 Å². The van der Waals surface area contributed by atoms with E-state index < -0.39 is 24.0 Å². The van der Waals surface area contributed by atoms with Crippen molar-refractivity contribution in [3.63, 3.8) is 0 Å². The van der Waals surface area contributed by atoms with Crippen LogP contribution in [0.5, 0.6) is 0 Å². The van der Waals surface area contributed by atoms with Crippen molar-refractivity contribution in [1.82, 2.24) is 0 Å². The third-order valence-electron chi connectivity index (χ3n) is 0.644. The molecular formula is C2AgF5O3Se. The van der Waals surface area contributed by atoms with E-state index in [9.17, 15) is 33.8 Å². The average molecular weight is 354 g/mol. The van der Waals surface area contributed by atoms with Crippen LogP contribution in [0, 0.1) is 0 Å². The summed E-state index contributed by atoms with van der Waals surface area (Å²) in [5.74, 6) is 0. The van der Waals surface area contributed by atoms with Gasteiger partial charge in [-0.1, -0.05) is 0 Å². The maximum Gasteiger partial charge on any atom is 1.00 e. The van der Waals surface area contributed by atoms with Crippen LogP contribution < -0.4 is 4.19 Å². The summed E-state index contributed by atoms with van der Waals surface area (Å²) in [6.45, 7) is 0. The number of hydrogen-bond acceptors (Lipinski definition) is 3. The molecule has 0 rings (SSSR count). The SMILES string of the molecule is O=[Se](=O)([O-])C(F)(F)C(F)(F)F.[Ag+]. The van der Waals surface area contributed by atoms with E-state index in [1.165, 1.54) is 0 Å². The fourth-order valence-corrected chi connectivity index (χ4v) is 0.736. The fraction of sp³-hybridized carbons (Fsp3) is 1.00. The van der Waals surface area contributed by atoms with Crippen molar-refractivity contribution in [3.05, 3.63) is 0 Å². The molecule has 78 valence electrons. The molecule has 0 amide bonds. The maximum atomic E-state index is 11.4. The van der Waals surface area contributed by atoms with E-state index in [4.69, 9.17) is 0 Å². The maximum absolute atomic E-state index is 11.4. The Balaban J connectivity index is 0. The zero-order valence-corrected chi connectivity index (χ0v) is 8.02. The number of rotatable bonds is 1. The van der Waals surface area contributed by atoms with Gasteiger partial charge in [0, 0.05) is 0 Å². The van der Waals surface area contributed by atoms with E-state index in [-0.39, 0.29) is 22.4 Å². The summed E-state index contributed by atoms with van der Waals surface area (Å²) >= 11 is -7.40. The van der Waals surface area contributed by atoms with E-state index in [1.54, 1.807) is 0 Å². The van der Waals surface area contributed by atoms with Crippen molar-refractivity contribution < 1.29 is 56.2 Å². The number of hydrogen-bond donors (Lipinski definition) is 0. The van der Waals surface area contributed by atoms with E-state index >= 15 is 0 Å². The molecule has 0 bridgehead atoms. The van der Waals surface area contributed by atoms with Gasteiger partial charge in [-0.05, 0) is 0 Å². The Hall–Kier alpha value is 0.470. The predicted octanol–water partition coefficient (Wildman–Crippen LogP) is -0.119. The molecular weight excluding hydrogens is 354 g/mol. The molecule has 0 aromatic carbocycles. The molecule has 0 fully saturated rings. The Bertz CT molecular complexity index is 242. The number of alkyl halides is 5. The van der Waals surface area contributed by atoms with Crippen LogP contribution in [0.25, 0.3) is 0 Å². The zero-order valence-electron chi connectivity index (χ0n) is 4.82. The van der Waals surface area contributed by atoms with Gasteiger partial charge in [-0.25, -0.2) is 0 Å². The smallest absolute Gasteiger partial charge is 1.00 e. The molecule has 0 unspecified atom stereocenters. The van der Waals surface area contributed by atoms with Crippen molar-refractivity contribution in [2.45, 2.75) is 11.0 Å². The predicted molar refractivity (Wildman–Crippen MR) is 18.1 cm³/mol. The first-order valence-corrected chi connectivity index (χ1v) is 4.85. The van der Waals surface area contributed by atoms with Crippen LogP contribution in [-0.2, 0) is 30.0 Å². The van der Waals surface area contributed by atoms with Crippen LogP contribution in [0.1, 0.15) is 0 Å². The summed E-state index contributed by atoms with van der Waals surface area (Å²) in [5.41, 5.74) is 0. The molecule has 3 nitrogen and oxygen atoms in total. The molecule has 0 atom stereocenters. The molecule has 0 aromatic heterocycles. The summed E-state index contributed by atoms with van der Waals surface area (Å²) in [6.07, 6.45) is -6.32. The first-order chi connectivity index (χ1) is 4.50. The normalized spacial score (nSPS) is 13.8. The van der Waals surface area contributed by atoms with Gasteiger partial charge in [0.25, 0.3) is 0 Å². The molecule has 0 aliphatic heterocycles. The van der Waals surface area contributed by atoms with Crippen LogP contribution >= 0.6 is 0 Å². The molecule has 10 heteroatoms. The molecule has 0 radical (unpaired) electrons. The van der Waals surface area contributed by atoms with Crippen LogP contribution in [0.3, 0.4) is 0 Å². The average Bonchev–Trinajstić information content (AvgIpc) is 1.58. The summed E-state index contributed by atoms with van der Waals surface area (Å²) in [4.78, 5) is -6.14. The Kier molecular flexibility index (Phi) is 4.60. The second-order valence-corrected chi connectivity index (χ2v) is 4.45. The van der Waals surface area contributed by atoms with Crippen molar-refractivity contribution in [1.29, 1.82) is 0 Å². The van der Waals surface area contributed by atoms with Crippen LogP contribution in [0.15, 0.2) is 0 Å². The monoisotopic (exact) mass is 354 g/mol. The van der Waals surface area contributed by atoms with Gasteiger partial charge in [-0.15, -0.1) is 0 Å². The molecule has 0 saturated heterocycles. The fourth-order valence-electron chi connectivity index (χ4n) is 0.142. The Labute approximate surface area is 80.4 Å². The minimum atomic E-state index is -7.40. The Morgan fingerprint density at radius 1 is 1.00 bits per heavy atom. The molecule has 0 spiro atoms. The summed E-state index contributed by atoms with van der Waals surface area (Å²) in [6, 6.07) is 0. The quantitative estimate of drug-likeness (QED) is 0.488. The minimum Gasteiger partial charge on any atom is 1.00 e. The van der Waals surface area contributed by atoms with Gasteiger partial charge < -0.3 is 0 Å². The standard InChI is InChI=1S/C2HF5O3Se.Ag/c3-1(4,5)2(6,7)11(8,9)10;/h(H,8,9,10);/q;+1/p-1. The van der Waals surface area contributed by atoms with Crippen molar-refractivity contribution in [2.75, 3.05) is 0 Å². The third-order valence-corrected chi connectivity index (χ3v) is 2.45. The molecule has 0 aromatic rings. The van der Waals surface area contributed by atoms with Gasteiger partial charge in [-0.3, -0.25) is 0 Å². The summed E-state index contributed by atoms with van der Waals surface area (Å²) in [7, 11) is 0. The summed E-state index contributed by atoms with van der Waals surface area (Å²) < 4.78 is 84.0. The van der Waals surface area contributed by atoms with Crippen LogP contribution in [-0.4, -0.2) is 24.0 Å². The largest absolute Gasteiger partial charge is 1.00 e. The van der Waals surface area contributed by atoms with E-state index in [1.807, 2.05) is 0 Å². The molecule has 12 heavy (non-hydrogen) atoms. The van der Waals surface area contributed by atoms with Crippen molar-refractivity contribution in [3.8, 4) is 0 Å². The van der Waals surface area contributed by atoms with E-state index in [0.717, 1.165) is 0 Å². The van der Waals surface area contributed by atoms with Crippen molar-refractivity contribution in [2.24, 2.45) is 0 Å². The molecule has 0 aliphatic carbocycles. The summed E-state index contributed by atoms with van der Waals surface area (Å²) in [5, 5.41) is 0. The zero-order chi connectivity index (χ0) is 9.50. The van der Waals surface area contributed by atoms with Gasteiger partial charge >= 0.3 is 80.2 Å². The van der Waals surface area contributed by atoms with Gasteiger partial charge in [0.05, 0.1) is 0 Å². The van der Waals surface area contributed by atoms with E-state index in [2.05, 4.69) is 0 Å². The first kappa shape index (κ1) is 15.0. The Morgan fingerprint density at radius 3 is 1.25 bits per heavy atom. The topological polar surface area (TPSA) is 57.2 Å². The van der Waals surface area contributed by atoms with Gasteiger partial charge in [0.2, 0.25) is 0 Å².